The lowest BCUT2D eigenvalue weighted by molar-refractivity contribution is 0.505. The normalized spacial score (nSPS) is 23.0. The summed E-state index contributed by atoms with van der Waals surface area (Å²) in [5, 5.41) is 0. The Labute approximate surface area is 55.9 Å². The van der Waals surface area contributed by atoms with Gasteiger partial charge in [0.25, 0.3) is 0 Å². The Balaban J connectivity index is 2.42. The minimum Gasteiger partial charge on any atom is -0.249 e. The van der Waals surface area contributed by atoms with E-state index in [4.69, 9.17) is 0 Å². The number of rotatable bonds is 0. The van der Waals surface area contributed by atoms with Crippen LogP contribution in [0.4, 0.5) is 0 Å². The molecule has 0 N–H and O–H groups in total. The molecular weight excluding hydrogens is 118 g/mol. The molecule has 0 fully saturated rings. The van der Waals surface area contributed by atoms with Gasteiger partial charge < -0.3 is 0 Å². The first-order valence-corrected chi connectivity index (χ1v) is 3.28. The molecule has 0 aliphatic carbocycles. The van der Waals surface area contributed by atoms with Gasteiger partial charge in [-0.3, -0.25) is 0 Å². The van der Waals surface area contributed by atoms with E-state index in [1.807, 2.05) is 4.31 Å². The van der Waals surface area contributed by atoms with Gasteiger partial charge in [0.1, 0.15) is 0 Å². The lowest BCUT2D eigenvalue weighted by Crippen LogP contribution is -2.18. The van der Waals surface area contributed by atoms with Crippen molar-refractivity contribution in [2.75, 3.05) is 13.1 Å². The summed E-state index contributed by atoms with van der Waals surface area (Å²) in [5.41, 5.74) is 1.50. The van der Waals surface area contributed by atoms with E-state index in [0.29, 0.717) is 0 Å². The molecule has 0 unspecified atom stereocenters. The largest absolute Gasteiger partial charge is 0.249 e. The standard InChI is InChI=1S/C6H11NS/c1-6-2-4-7(8)5-3-6/h2,8H,3-5H2,1H3. The zero-order chi connectivity index (χ0) is 5.98. The van der Waals surface area contributed by atoms with E-state index < -0.39 is 0 Å². The smallest absolute Gasteiger partial charge is 0.0270 e. The molecule has 1 nitrogen and oxygen atoms in total. The van der Waals surface area contributed by atoms with Crippen LogP contribution in [0.1, 0.15) is 13.3 Å². The van der Waals surface area contributed by atoms with E-state index in [1.54, 1.807) is 0 Å². The Morgan fingerprint density at radius 1 is 1.75 bits per heavy atom. The maximum absolute atomic E-state index is 4.19. The summed E-state index contributed by atoms with van der Waals surface area (Å²) in [5.74, 6) is 0. The van der Waals surface area contributed by atoms with Gasteiger partial charge in [0.15, 0.2) is 0 Å². The van der Waals surface area contributed by atoms with Crippen LogP contribution in [0.15, 0.2) is 11.6 Å². The van der Waals surface area contributed by atoms with Gasteiger partial charge in [0.2, 0.25) is 0 Å². The Hall–Kier alpha value is 0.0500. The summed E-state index contributed by atoms with van der Waals surface area (Å²) >= 11 is 4.19. The number of hydrogen-bond donors (Lipinski definition) is 1. The van der Waals surface area contributed by atoms with E-state index >= 15 is 0 Å². The summed E-state index contributed by atoms with van der Waals surface area (Å²) in [7, 11) is 0. The van der Waals surface area contributed by atoms with Crippen molar-refractivity contribution in [3.8, 4) is 0 Å². The fraction of sp³-hybridized carbons (Fsp3) is 0.667. The van der Waals surface area contributed by atoms with Crippen LogP contribution in [0, 0.1) is 0 Å². The third-order valence-corrected chi connectivity index (χ3v) is 1.78. The van der Waals surface area contributed by atoms with Crippen LogP contribution in [-0.2, 0) is 0 Å². The Morgan fingerprint density at radius 2 is 2.50 bits per heavy atom. The summed E-state index contributed by atoms with van der Waals surface area (Å²) in [6.45, 7) is 4.28. The lowest BCUT2D eigenvalue weighted by Gasteiger charge is -2.18. The summed E-state index contributed by atoms with van der Waals surface area (Å²) in [6.07, 6.45) is 3.40. The topological polar surface area (TPSA) is 3.24 Å². The van der Waals surface area contributed by atoms with Crippen LogP contribution in [0.3, 0.4) is 0 Å². The van der Waals surface area contributed by atoms with Crippen LogP contribution in [0.5, 0.6) is 0 Å². The van der Waals surface area contributed by atoms with E-state index in [2.05, 4.69) is 25.8 Å². The summed E-state index contributed by atoms with van der Waals surface area (Å²) < 4.78 is 2.02. The molecule has 0 aromatic rings. The van der Waals surface area contributed by atoms with Crippen LogP contribution in [0.2, 0.25) is 0 Å². The second kappa shape index (κ2) is 2.55. The molecule has 0 saturated carbocycles. The highest BCUT2D eigenvalue weighted by molar-refractivity contribution is 7.77. The molecular formula is C6H11NS. The van der Waals surface area contributed by atoms with Gasteiger partial charge in [0.05, 0.1) is 0 Å². The SMILES string of the molecule is CC1=CCN(S)CC1. The van der Waals surface area contributed by atoms with E-state index in [0.717, 1.165) is 13.1 Å². The molecule has 1 rings (SSSR count). The van der Waals surface area contributed by atoms with Gasteiger partial charge in [-0.15, -0.1) is 0 Å². The van der Waals surface area contributed by atoms with Gasteiger partial charge in [-0.2, -0.15) is 0 Å². The Morgan fingerprint density at radius 3 is 2.88 bits per heavy atom. The van der Waals surface area contributed by atoms with Crippen LogP contribution in [0.25, 0.3) is 0 Å². The molecule has 1 aliphatic rings. The van der Waals surface area contributed by atoms with Crippen molar-refractivity contribution >= 4 is 12.8 Å². The molecule has 1 heterocycles. The number of hydrogen-bond acceptors (Lipinski definition) is 2. The molecule has 8 heavy (non-hydrogen) atoms. The molecule has 46 valence electrons. The Kier molecular flexibility index (Phi) is 1.97. The van der Waals surface area contributed by atoms with E-state index in [-0.39, 0.29) is 0 Å². The predicted octanol–water partition coefficient (Wildman–Crippen LogP) is 1.48. The predicted molar refractivity (Wildman–Crippen MR) is 38.9 cm³/mol. The fourth-order valence-corrected chi connectivity index (χ4v) is 0.942. The first-order valence-electron chi connectivity index (χ1n) is 2.88. The van der Waals surface area contributed by atoms with Crippen molar-refractivity contribution in [3.63, 3.8) is 0 Å². The third-order valence-electron chi connectivity index (χ3n) is 1.41. The molecule has 0 saturated heterocycles. The van der Waals surface area contributed by atoms with Gasteiger partial charge in [-0.1, -0.05) is 24.5 Å². The highest BCUT2D eigenvalue weighted by Gasteiger charge is 2.02. The average molecular weight is 129 g/mol. The quantitative estimate of drug-likeness (QED) is 0.383. The molecule has 0 aromatic carbocycles. The van der Waals surface area contributed by atoms with Crippen molar-refractivity contribution in [2.45, 2.75) is 13.3 Å². The van der Waals surface area contributed by atoms with Crippen LogP contribution in [-0.4, -0.2) is 17.4 Å². The van der Waals surface area contributed by atoms with Crippen molar-refractivity contribution in [2.24, 2.45) is 0 Å². The maximum Gasteiger partial charge on any atom is 0.0270 e. The molecule has 0 atom stereocenters. The molecule has 0 bridgehead atoms. The fourth-order valence-electron chi connectivity index (χ4n) is 0.760. The van der Waals surface area contributed by atoms with Gasteiger partial charge in [0, 0.05) is 13.1 Å². The minimum atomic E-state index is 1.01. The van der Waals surface area contributed by atoms with Crippen molar-refractivity contribution in [3.05, 3.63) is 11.6 Å². The van der Waals surface area contributed by atoms with Crippen LogP contribution >= 0.6 is 12.8 Å². The lowest BCUT2D eigenvalue weighted by atomic mass is 10.1. The van der Waals surface area contributed by atoms with E-state index in [1.165, 1.54) is 12.0 Å². The second-order valence-electron chi connectivity index (χ2n) is 2.21. The zero-order valence-corrected chi connectivity index (χ0v) is 5.99. The molecule has 2 heteroatoms. The van der Waals surface area contributed by atoms with Gasteiger partial charge >= 0.3 is 0 Å². The van der Waals surface area contributed by atoms with Crippen LogP contribution < -0.4 is 0 Å². The van der Waals surface area contributed by atoms with Gasteiger partial charge in [-0.25, -0.2) is 4.31 Å². The molecule has 0 amide bonds. The average Bonchev–Trinajstić information content (AvgIpc) is 1.77. The molecule has 0 aromatic heterocycles. The van der Waals surface area contributed by atoms with E-state index in [9.17, 15) is 0 Å². The third kappa shape index (κ3) is 1.53. The summed E-state index contributed by atoms with van der Waals surface area (Å²) in [6, 6.07) is 0. The highest BCUT2D eigenvalue weighted by Crippen LogP contribution is 2.09. The van der Waals surface area contributed by atoms with Crippen molar-refractivity contribution in [1.82, 2.24) is 4.31 Å². The Bertz CT molecular complexity index is 109. The molecule has 1 aliphatic heterocycles. The maximum atomic E-state index is 4.19. The molecule has 0 radical (unpaired) electrons. The highest BCUT2D eigenvalue weighted by atomic mass is 32.1. The minimum absolute atomic E-state index is 1.01. The first kappa shape index (κ1) is 6.17. The summed E-state index contributed by atoms with van der Waals surface area (Å²) in [4.78, 5) is 0. The van der Waals surface area contributed by atoms with Gasteiger partial charge in [-0.05, 0) is 13.3 Å². The van der Waals surface area contributed by atoms with Crippen molar-refractivity contribution in [1.29, 1.82) is 0 Å². The number of thiol groups is 1. The first-order chi connectivity index (χ1) is 3.79. The monoisotopic (exact) mass is 129 g/mol. The zero-order valence-electron chi connectivity index (χ0n) is 5.09. The molecule has 0 spiro atoms. The van der Waals surface area contributed by atoms with Crippen molar-refractivity contribution < 1.29 is 0 Å². The number of nitrogens with zero attached hydrogens (tertiary/aromatic N) is 1. The second-order valence-corrected chi connectivity index (χ2v) is 2.78.